The highest BCUT2D eigenvalue weighted by Gasteiger charge is 2.29. The van der Waals surface area contributed by atoms with E-state index in [4.69, 9.17) is 0 Å². The van der Waals surface area contributed by atoms with Crippen molar-refractivity contribution in [2.24, 2.45) is 0 Å². The van der Waals surface area contributed by atoms with Gasteiger partial charge in [0.15, 0.2) is 6.29 Å². The molecule has 2 aromatic rings. The second-order valence-corrected chi connectivity index (χ2v) is 4.79. The zero-order valence-electron chi connectivity index (χ0n) is 10.6. The average Bonchev–Trinajstić information content (AvgIpc) is 2.46. The number of carbonyl (C=O) groups excluding carboxylic acids is 3. The van der Waals surface area contributed by atoms with E-state index in [9.17, 15) is 14.4 Å². The van der Waals surface area contributed by atoms with Crippen molar-refractivity contribution in [3.63, 3.8) is 0 Å². The number of hydrogen-bond acceptors (Lipinski definition) is 4. The van der Waals surface area contributed by atoms with Crippen LogP contribution in [0.2, 0.25) is 0 Å². The Kier molecular flexibility index (Phi) is 3.02. The van der Waals surface area contributed by atoms with Gasteiger partial charge in [0.05, 0.1) is 5.92 Å². The van der Waals surface area contributed by atoms with Crippen LogP contribution in [0.3, 0.4) is 0 Å². The summed E-state index contributed by atoms with van der Waals surface area (Å²) < 4.78 is 0. The number of benzene rings is 1. The lowest BCUT2D eigenvalue weighted by molar-refractivity contribution is -0.134. The van der Waals surface area contributed by atoms with Crippen LogP contribution in [0, 0.1) is 0 Å². The number of fused-ring (bicyclic) bond motifs is 1. The van der Waals surface area contributed by atoms with Crippen LogP contribution >= 0.6 is 0 Å². The molecular formula is C15H12N2O3. The summed E-state index contributed by atoms with van der Waals surface area (Å²) >= 11 is 0. The number of hydrogen-bond donors (Lipinski definition) is 1. The van der Waals surface area contributed by atoms with E-state index in [2.05, 4.69) is 10.3 Å². The van der Waals surface area contributed by atoms with Gasteiger partial charge in [-0.2, -0.15) is 0 Å². The average molecular weight is 268 g/mol. The predicted octanol–water partition coefficient (Wildman–Crippen LogP) is 1.57. The standard InChI is InChI=1S/C15H12N2O3/c18-8-9-2-1-3-10-12(9)6-16-7-13(10)11-4-5-14(19)17-15(11)20/h1-3,6-8,11H,4-5H2,(H,17,19,20). The first kappa shape index (κ1) is 12.5. The van der Waals surface area contributed by atoms with Crippen LogP contribution in [0.1, 0.15) is 34.7 Å². The number of aldehydes is 1. The molecule has 1 atom stereocenters. The zero-order valence-corrected chi connectivity index (χ0v) is 10.6. The molecular weight excluding hydrogens is 256 g/mol. The van der Waals surface area contributed by atoms with Gasteiger partial charge in [-0.3, -0.25) is 24.7 Å². The Labute approximate surface area is 115 Å². The SMILES string of the molecule is O=Cc1cccc2c(C3CCC(=O)NC3=O)cncc12. The fourth-order valence-corrected chi connectivity index (χ4v) is 2.61. The molecule has 1 aliphatic heterocycles. The van der Waals surface area contributed by atoms with Gasteiger partial charge < -0.3 is 0 Å². The fourth-order valence-electron chi connectivity index (χ4n) is 2.61. The van der Waals surface area contributed by atoms with Crippen LogP contribution in [-0.2, 0) is 9.59 Å². The third-order valence-electron chi connectivity index (χ3n) is 3.61. The number of nitrogens with zero attached hydrogens (tertiary/aromatic N) is 1. The third kappa shape index (κ3) is 1.97. The maximum absolute atomic E-state index is 12.0. The summed E-state index contributed by atoms with van der Waals surface area (Å²) in [6, 6.07) is 5.36. The number of imide groups is 1. The summed E-state index contributed by atoms with van der Waals surface area (Å²) in [4.78, 5) is 38.4. The molecule has 2 heterocycles. The highest BCUT2D eigenvalue weighted by molar-refractivity contribution is 6.04. The van der Waals surface area contributed by atoms with E-state index < -0.39 is 5.92 Å². The molecule has 1 unspecified atom stereocenters. The molecule has 1 fully saturated rings. The number of rotatable bonds is 2. The minimum absolute atomic E-state index is 0.243. The van der Waals surface area contributed by atoms with E-state index in [0.717, 1.165) is 22.6 Å². The topological polar surface area (TPSA) is 76.1 Å². The van der Waals surface area contributed by atoms with Crippen LogP contribution in [0.15, 0.2) is 30.6 Å². The third-order valence-corrected chi connectivity index (χ3v) is 3.61. The van der Waals surface area contributed by atoms with Crippen molar-refractivity contribution in [1.82, 2.24) is 10.3 Å². The Morgan fingerprint density at radius 1 is 1.20 bits per heavy atom. The van der Waals surface area contributed by atoms with Crippen LogP contribution in [-0.4, -0.2) is 23.1 Å². The molecule has 0 radical (unpaired) electrons. The van der Waals surface area contributed by atoms with E-state index in [1.807, 2.05) is 6.07 Å². The number of pyridine rings is 1. The Hall–Kier alpha value is -2.56. The predicted molar refractivity (Wildman–Crippen MR) is 72.3 cm³/mol. The minimum atomic E-state index is -0.397. The van der Waals surface area contributed by atoms with Crippen molar-refractivity contribution in [3.8, 4) is 0 Å². The Morgan fingerprint density at radius 2 is 2.05 bits per heavy atom. The molecule has 1 saturated heterocycles. The Balaban J connectivity index is 2.15. The van der Waals surface area contributed by atoms with Gasteiger partial charge in [0.2, 0.25) is 11.8 Å². The summed E-state index contributed by atoms with van der Waals surface area (Å²) in [5.74, 6) is -0.939. The highest BCUT2D eigenvalue weighted by Crippen LogP contribution is 2.31. The number of aromatic nitrogens is 1. The summed E-state index contributed by atoms with van der Waals surface area (Å²) in [7, 11) is 0. The van der Waals surface area contributed by atoms with Crippen LogP contribution in [0.4, 0.5) is 0 Å². The maximum atomic E-state index is 12.0. The summed E-state index contributed by atoms with van der Waals surface area (Å²) in [6.45, 7) is 0. The second kappa shape index (κ2) is 4.85. The van der Waals surface area contributed by atoms with Gasteiger partial charge in [-0.05, 0) is 17.4 Å². The van der Waals surface area contributed by atoms with E-state index in [-0.39, 0.29) is 11.8 Å². The van der Waals surface area contributed by atoms with E-state index in [1.54, 1.807) is 24.5 Å². The van der Waals surface area contributed by atoms with Crippen LogP contribution in [0.5, 0.6) is 0 Å². The Morgan fingerprint density at radius 3 is 2.80 bits per heavy atom. The largest absolute Gasteiger partial charge is 0.298 e. The number of carbonyl (C=O) groups is 3. The van der Waals surface area contributed by atoms with E-state index in [1.165, 1.54) is 0 Å². The minimum Gasteiger partial charge on any atom is -0.298 e. The zero-order chi connectivity index (χ0) is 14.1. The number of piperidine rings is 1. The molecule has 0 saturated carbocycles. The second-order valence-electron chi connectivity index (χ2n) is 4.79. The quantitative estimate of drug-likeness (QED) is 0.662. The van der Waals surface area contributed by atoms with Gasteiger partial charge in [-0.15, -0.1) is 0 Å². The van der Waals surface area contributed by atoms with Gasteiger partial charge in [0.25, 0.3) is 0 Å². The molecule has 1 N–H and O–H groups in total. The van der Waals surface area contributed by atoms with Crippen molar-refractivity contribution in [1.29, 1.82) is 0 Å². The first-order valence-electron chi connectivity index (χ1n) is 6.36. The summed E-state index contributed by atoms with van der Waals surface area (Å²) in [6.07, 6.45) is 4.82. The Bertz CT molecular complexity index is 724. The van der Waals surface area contributed by atoms with Gasteiger partial charge in [0.1, 0.15) is 0 Å². The first-order valence-corrected chi connectivity index (χ1v) is 6.36. The lowest BCUT2D eigenvalue weighted by Crippen LogP contribution is -2.39. The monoisotopic (exact) mass is 268 g/mol. The first-order chi connectivity index (χ1) is 9.70. The van der Waals surface area contributed by atoms with E-state index >= 15 is 0 Å². The molecule has 2 amide bonds. The lowest BCUT2D eigenvalue weighted by atomic mass is 9.88. The molecule has 1 aromatic heterocycles. The van der Waals surface area contributed by atoms with Crippen molar-refractivity contribution < 1.29 is 14.4 Å². The molecule has 1 aliphatic rings. The molecule has 0 spiro atoms. The smallest absolute Gasteiger partial charge is 0.234 e. The normalized spacial score (nSPS) is 18.9. The van der Waals surface area contributed by atoms with Gasteiger partial charge in [0, 0.05) is 29.8 Å². The molecule has 1 aromatic carbocycles. The van der Waals surface area contributed by atoms with Crippen molar-refractivity contribution in [3.05, 3.63) is 41.7 Å². The van der Waals surface area contributed by atoms with E-state index in [0.29, 0.717) is 18.4 Å². The van der Waals surface area contributed by atoms with Crippen molar-refractivity contribution in [2.45, 2.75) is 18.8 Å². The number of nitrogens with one attached hydrogen (secondary N) is 1. The van der Waals surface area contributed by atoms with Gasteiger partial charge in [-0.1, -0.05) is 18.2 Å². The van der Waals surface area contributed by atoms with Crippen LogP contribution < -0.4 is 5.32 Å². The van der Waals surface area contributed by atoms with Crippen LogP contribution in [0.25, 0.3) is 10.8 Å². The fraction of sp³-hybridized carbons (Fsp3) is 0.200. The molecule has 0 bridgehead atoms. The molecule has 3 rings (SSSR count). The molecule has 0 aliphatic carbocycles. The van der Waals surface area contributed by atoms with Crippen molar-refractivity contribution >= 4 is 28.9 Å². The maximum Gasteiger partial charge on any atom is 0.234 e. The summed E-state index contributed by atoms with van der Waals surface area (Å²) in [5.41, 5.74) is 1.31. The van der Waals surface area contributed by atoms with Crippen molar-refractivity contribution in [2.75, 3.05) is 0 Å². The molecule has 100 valence electrons. The van der Waals surface area contributed by atoms with Gasteiger partial charge >= 0.3 is 0 Å². The highest BCUT2D eigenvalue weighted by atomic mass is 16.2. The molecule has 5 nitrogen and oxygen atoms in total. The van der Waals surface area contributed by atoms with Gasteiger partial charge in [-0.25, -0.2) is 0 Å². The summed E-state index contributed by atoms with van der Waals surface area (Å²) in [5, 5.41) is 3.91. The number of amides is 2. The molecule has 5 heteroatoms. The molecule has 20 heavy (non-hydrogen) atoms. The lowest BCUT2D eigenvalue weighted by Gasteiger charge is -2.22.